The van der Waals surface area contributed by atoms with Gasteiger partial charge >= 0.3 is 0 Å². The fourth-order valence-electron chi connectivity index (χ4n) is 3.21. The highest BCUT2D eigenvalue weighted by atomic mass is 32.2. The van der Waals surface area contributed by atoms with E-state index in [-0.39, 0.29) is 0 Å². The molecule has 5 heteroatoms. The maximum atomic E-state index is 12.7. The van der Waals surface area contributed by atoms with Crippen molar-refractivity contribution in [2.75, 3.05) is 26.2 Å². The van der Waals surface area contributed by atoms with Gasteiger partial charge in [0.1, 0.15) is 0 Å². The highest BCUT2D eigenvalue weighted by molar-refractivity contribution is 7.89. The minimum absolute atomic E-state index is 0.415. The quantitative estimate of drug-likeness (QED) is 0.836. The molecule has 2 heterocycles. The lowest BCUT2D eigenvalue weighted by molar-refractivity contribution is 0.0852. The Balaban J connectivity index is 1.79. The minimum Gasteiger partial charge on any atom is -0.298 e. The average Bonchev–Trinajstić information content (AvgIpc) is 2.47. The summed E-state index contributed by atoms with van der Waals surface area (Å²) in [6.45, 7) is 5.24. The molecule has 0 bridgehead atoms. The molecule has 110 valence electrons. The zero-order chi connectivity index (χ0) is 14.2. The number of piperazine rings is 1. The zero-order valence-corrected chi connectivity index (χ0v) is 12.8. The van der Waals surface area contributed by atoms with E-state index in [1.54, 1.807) is 16.4 Å². The van der Waals surface area contributed by atoms with Gasteiger partial charge in [-0.1, -0.05) is 24.1 Å². The molecule has 1 aromatic carbocycles. The summed E-state index contributed by atoms with van der Waals surface area (Å²) in [5.74, 6) is 0. The van der Waals surface area contributed by atoms with Crippen molar-refractivity contribution in [3.8, 4) is 0 Å². The summed E-state index contributed by atoms with van der Waals surface area (Å²) in [5.41, 5.74) is 1.08. The third-order valence-electron chi connectivity index (χ3n) is 4.46. The van der Waals surface area contributed by atoms with Gasteiger partial charge in [0.2, 0.25) is 10.0 Å². The van der Waals surface area contributed by atoms with E-state index < -0.39 is 10.0 Å². The lowest BCUT2D eigenvalue weighted by Gasteiger charge is -2.43. The second-order valence-electron chi connectivity index (χ2n) is 5.86. The fourth-order valence-corrected chi connectivity index (χ4v) is 4.67. The van der Waals surface area contributed by atoms with Crippen LogP contribution in [0.15, 0.2) is 29.2 Å². The summed E-state index contributed by atoms with van der Waals surface area (Å²) in [6, 6.07) is 7.58. The molecule has 0 N–H and O–H groups in total. The number of piperidine rings is 1. The second-order valence-corrected chi connectivity index (χ2v) is 7.80. The van der Waals surface area contributed by atoms with E-state index in [9.17, 15) is 8.42 Å². The van der Waals surface area contributed by atoms with Crippen LogP contribution in [-0.4, -0.2) is 49.8 Å². The largest absolute Gasteiger partial charge is 0.298 e. The Hall–Kier alpha value is -0.910. The van der Waals surface area contributed by atoms with Crippen LogP contribution in [0.1, 0.15) is 24.8 Å². The summed E-state index contributed by atoms with van der Waals surface area (Å²) in [4.78, 5) is 2.87. The van der Waals surface area contributed by atoms with Gasteiger partial charge < -0.3 is 0 Å². The van der Waals surface area contributed by atoms with Crippen molar-refractivity contribution in [2.45, 2.75) is 37.1 Å². The summed E-state index contributed by atoms with van der Waals surface area (Å²) in [6.07, 6.45) is 3.60. The topological polar surface area (TPSA) is 40.6 Å². The summed E-state index contributed by atoms with van der Waals surface area (Å²) in [5, 5.41) is 0. The minimum atomic E-state index is -3.32. The Morgan fingerprint density at radius 2 is 1.80 bits per heavy atom. The van der Waals surface area contributed by atoms with Gasteiger partial charge in [-0.3, -0.25) is 4.90 Å². The van der Waals surface area contributed by atoms with E-state index in [1.807, 2.05) is 19.1 Å². The van der Waals surface area contributed by atoms with Crippen LogP contribution >= 0.6 is 0 Å². The number of hydrogen-bond acceptors (Lipinski definition) is 3. The van der Waals surface area contributed by atoms with Gasteiger partial charge in [-0.05, 0) is 38.4 Å². The molecule has 4 nitrogen and oxygen atoms in total. The summed E-state index contributed by atoms with van der Waals surface area (Å²) >= 11 is 0. The Kier molecular flexibility index (Phi) is 3.84. The predicted molar refractivity (Wildman–Crippen MR) is 79.1 cm³/mol. The van der Waals surface area contributed by atoms with E-state index in [1.165, 1.54) is 12.8 Å². The molecule has 0 spiro atoms. The van der Waals surface area contributed by atoms with Crippen molar-refractivity contribution in [3.63, 3.8) is 0 Å². The first-order valence-electron chi connectivity index (χ1n) is 7.38. The molecule has 1 atom stereocenters. The Bertz CT molecular complexity index is 568. The molecule has 2 aliphatic rings. The first kappa shape index (κ1) is 14.0. The van der Waals surface area contributed by atoms with Crippen LogP contribution in [0.5, 0.6) is 0 Å². The SMILES string of the molecule is Cc1ccc(S(=O)(=O)N2CCN3CCCCC3C2)cc1. The van der Waals surface area contributed by atoms with Gasteiger partial charge in [-0.2, -0.15) is 4.31 Å². The Morgan fingerprint density at radius 1 is 1.05 bits per heavy atom. The molecule has 1 unspecified atom stereocenters. The van der Waals surface area contributed by atoms with Crippen molar-refractivity contribution in [3.05, 3.63) is 29.8 Å². The maximum Gasteiger partial charge on any atom is 0.243 e. The lowest BCUT2D eigenvalue weighted by atomic mass is 10.0. The number of benzene rings is 1. The molecule has 2 saturated heterocycles. The molecular formula is C15H22N2O2S. The molecular weight excluding hydrogens is 272 g/mol. The highest BCUT2D eigenvalue weighted by Crippen LogP contribution is 2.25. The van der Waals surface area contributed by atoms with E-state index in [2.05, 4.69) is 4.90 Å². The predicted octanol–water partition coefficient (Wildman–Crippen LogP) is 1.85. The normalized spacial score (nSPS) is 25.4. The van der Waals surface area contributed by atoms with E-state index in [4.69, 9.17) is 0 Å². The Labute approximate surface area is 121 Å². The van der Waals surface area contributed by atoms with Gasteiger partial charge in [0.05, 0.1) is 4.90 Å². The molecule has 1 aromatic rings. The molecule has 0 aliphatic carbocycles. The van der Waals surface area contributed by atoms with Crippen LogP contribution < -0.4 is 0 Å². The monoisotopic (exact) mass is 294 g/mol. The number of rotatable bonds is 2. The Morgan fingerprint density at radius 3 is 2.55 bits per heavy atom. The molecule has 3 rings (SSSR count). The standard InChI is InChI=1S/C15H22N2O2S/c1-13-5-7-15(8-6-13)20(18,19)17-11-10-16-9-3-2-4-14(16)12-17/h5-8,14H,2-4,9-12H2,1H3. The summed E-state index contributed by atoms with van der Waals surface area (Å²) < 4.78 is 27.0. The van der Waals surface area contributed by atoms with E-state index in [0.717, 1.165) is 25.1 Å². The molecule has 2 fully saturated rings. The van der Waals surface area contributed by atoms with Crippen molar-refractivity contribution in [2.24, 2.45) is 0 Å². The van der Waals surface area contributed by atoms with Crippen molar-refractivity contribution >= 4 is 10.0 Å². The van der Waals surface area contributed by atoms with E-state index >= 15 is 0 Å². The molecule has 0 amide bonds. The van der Waals surface area contributed by atoms with Crippen molar-refractivity contribution in [1.82, 2.24) is 9.21 Å². The van der Waals surface area contributed by atoms with Crippen LogP contribution in [0.2, 0.25) is 0 Å². The highest BCUT2D eigenvalue weighted by Gasteiger charge is 2.34. The first-order chi connectivity index (χ1) is 9.57. The zero-order valence-electron chi connectivity index (χ0n) is 12.0. The van der Waals surface area contributed by atoms with Gasteiger partial charge in [0, 0.05) is 25.7 Å². The number of nitrogens with zero attached hydrogens (tertiary/aromatic N) is 2. The molecule has 0 aromatic heterocycles. The summed E-state index contributed by atoms with van der Waals surface area (Å²) in [7, 11) is -3.32. The number of hydrogen-bond donors (Lipinski definition) is 0. The van der Waals surface area contributed by atoms with Crippen LogP contribution in [0.25, 0.3) is 0 Å². The van der Waals surface area contributed by atoms with Gasteiger partial charge in [0.15, 0.2) is 0 Å². The third-order valence-corrected chi connectivity index (χ3v) is 6.34. The first-order valence-corrected chi connectivity index (χ1v) is 8.82. The van der Waals surface area contributed by atoms with Crippen molar-refractivity contribution in [1.29, 1.82) is 0 Å². The van der Waals surface area contributed by atoms with Gasteiger partial charge in [-0.15, -0.1) is 0 Å². The molecule has 0 radical (unpaired) electrons. The number of sulfonamides is 1. The van der Waals surface area contributed by atoms with Crippen LogP contribution in [0, 0.1) is 6.92 Å². The van der Waals surface area contributed by atoms with Gasteiger partial charge in [0.25, 0.3) is 0 Å². The van der Waals surface area contributed by atoms with E-state index in [0.29, 0.717) is 24.0 Å². The smallest absolute Gasteiger partial charge is 0.243 e. The van der Waals surface area contributed by atoms with Crippen LogP contribution in [0.3, 0.4) is 0 Å². The third kappa shape index (κ3) is 2.62. The maximum absolute atomic E-state index is 12.7. The van der Waals surface area contributed by atoms with Crippen LogP contribution in [0.4, 0.5) is 0 Å². The lowest BCUT2D eigenvalue weighted by Crippen LogP contribution is -2.56. The van der Waals surface area contributed by atoms with Crippen molar-refractivity contribution < 1.29 is 8.42 Å². The number of aryl methyl sites for hydroxylation is 1. The molecule has 20 heavy (non-hydrogen) atoms. The van der Waals surface area contributed by atoms with Gasteiger partial charge in [-0.25, -0.2) is 8.42 Å². The second kappa shape index (κ2) is 5.47. The average molecular weight is 294 g/mol. The molecule has 0 saturated carbocycles. The fraction of sp³-hybridized carbons (Fsp3) is 0.600. The molecule has 2 aliphatic heterocycles. The van der Waals surface area contributed by atoms with Crippen LogP contribution in [-0.2, 0) is 10.0 Å². The number of fused-ring (bicyclic) bond motifs is 1.